The molecular formula is C11H23NO3S. The fraction of sp³-hybridized carbons (Fsp3) is 0.909. The summed E-state index contributed by atoms with van der Waals surface area (Å²) in [6.45, 7) is 7.59. The molecule has 0 spiro atoms. The molecule has 0 amide bonds. The zero-order chi connectivity index (χ0) is 12.6. The van der Waals surface area contributed by atoms with E-state index in [2.05, 4.69) is 25.4 Å². The fourth-order valence-electron chi connectivity index (χ4n) is 1.10. The van der Waals surface area contributed by atoms with Crippen molar-refractivity contribution in [3.8, 4) is 0 Å². The van der Waals surface area contributed by atoms with Gasteiger partial charge in [0, 0.05) is 17.8 Å². The summed E-state index contributed by atoms with van der Waals surface area (Å²) in [5.41, 5.74) is 0. The molecule has 16 heavy (non-hydrogen) atoms. The number of nitrogens with one attached hydrogen (secondary N) is 1. The van der Waals surface area contributed by atoms with Crippen LogP contribution in [0, 0.1) is 0 Å². The second-order valence-electron chi connectivity index (χ2n) is 4.26. The van der Waals surface area contributed by atoms with Gasteiger partial charge in [0.1, 0.15) is 0 Å². The molecule has 0 aromatic carbocycles. The first-order chi connectivity index (χ1) is 7.41. The van der Waals surface area contributed by atoms with E-state index in [1.807, 2.05) is 0 Å². The van der Waals surface area contributed by atoms with Gasteiger partial charge in [0.25, 0.3) is 0 Å². The van der Waals surface area contributed by atoms with Gasteiger partial charge in [0.05, 0.1) is 19.1 Å². The highest BCUT2D eigenvalue weighted by Gasteiger charge is 2.17. The molecule has 96 valence electrons. The van der Waals surface area contributed by atoms with Crippen LogP contribution in [-0.4, -0.2) is 47.9 Å². The van der Waals surface area contributed by atoms with E-state index in [1.165, 1.54) is 0 Å². The number of rotatable bonds is 8. The molecule has 2 N–H and O–H groups in total. The molecule has 0 aromatic rings. The summed E-state index contributed by atoms with van der Waals surface area (Å²) < 4.78 is 4.89. The first-order valence-corrected chi connectivity index (χ1v) is 6.73. The van der Waals surface area contributed by atoms with Crippen LogP contribution < -0.4 is 5.32 Å². The predicted octanol–water partition coefficient (Wildman–Crippen LogP) is 1.03. The third-order valence-corrected chi connectivity index (χ3v) is 3.44. The summed E-state index contributed by atoms with van der Waals surface area (Å²) in [5.74, 6) is -0.346. The Bertz CT molecular complexity index is 209. The second kappa shape index (κ2) is 7.92. The van der Waals surface area contributed by atoms with Crippen molar-refractivity contribution in [2.45, 2.75) is 38.0 Å². The van der Waals surface area contributed by atoms with Gasteiger partial charge in [-0.15, -0.1) is 0 Å². The lowest BCUT2D eigenvalue weighted by molar-refractivity contribution is -0.145. The normalized spacial score (nSPS) is 13.6. The summed E-state index contributed by atoms with van der Waals surface area (Å²) in [5, 5.41) is 12.7. The standard InChI is InChI=1S/C11H23NO3S/c1-5-15-10(14)6-9(13)7-12-8-11(2,3)16-4/h9,12-13H,5-8H2,1-4H3. The minimum Gasteiger partial charge on any atom is -0.466 e. The zero-order valence-corrected chi connectivity index (χ0v) is 11.4. The highest BCUT2D eigenvalue weighted by Crippen LogP contribution is 2.19. The van der Waals surface area contributed by atoms with Gasteiger partial charge in [-0.3, -0.25) is 4.79 Å². The van der Waals surface area contributed by atoms with E-state index in [1.54, 1.807) is 18.7 Å². The Balaban J connectivity index is 3.65. The Labute approximate surface area is 102 Å². The summed E-state index contributed by atoms with van der Waals surface area (Å²) in [7, 11) is 0. The molecule has 4 nitrogen and oxygen atoms in total. The first kappa shape index (κ1) is 15.7. The maximum Gasteiger partial charge on any atom is 0.308 e. The van der Waals surface area contributed by atoms with E-state index in [0.29, 0.717) is 13.2 Å². The molecular weight excluding hydrogens is 226 g/mol. The van der Waals surface area contributed by atoms with Crippen molar-refractivity contribution in [1.29, 1.82) is 0 Å². The Morgan fingerprint density at radius 3 is 2.69 bits per heavy atom. The first-order valence-electron chi connectivity index (χ1n) is 5.51. The molecule has 0 aliphatic carbocycles. The molecule has 0 aliphatic rings. The van der Waals surface area contributed by atoms with Crippen molar-refractivity contribution >= 4 is 17.7 Å². The van der Waals surface area contributed by atoms with Crippen molar-refractivity contribution < 1.29 is 14.6 Å². The highest BCUT2D eigenvalue weighted by molar-refractivity contribution is 7.99. The Morgan fingerprint density at radius 2 is 2.19 bits per heavy atom. The lowest BCUT2D eigenvalue weighted by Crippen LogP contribution is -2.37. The molecule has 0 rings (SSSR count). The van der Waals surface area contributed by atoms with Crippen LogP contribution >= 0.6 is 11.8 Å². The van der Waals surface area contributed by atoms with Crippen LogP contribution in [0.2, 0.25) is 0 Å². The van der Waals surface area contributed by atoms with E-state index in [9.17, 15) is 9.90 Å². The summed E-state index contributed by atoms with van der Waals surface area (Å²) >= 11 is 1.77. The number of carbonyl (C=O) groups is 1. The van der Waals surface area contributed by atoms with Crippen molar-refractivity contribution in [3.63, 3.8) is 0 Å². The number of esters is 1. The lowest BCUT2D eigenvalue weighted by Gasteiger charge is -2.23. The van der Waals surface area contributed by atoms with Gasteiger partial charge in [0.2, 0.25) is 0 Å². The number of ether oxygens (including phenoxy) is 1. The molecule has 0 bridgehead atoms. The van der Waals surface area contributed by atoms with Gasteiger partial charge in [-0.1, -0.05) is 0 Å². The van der Waals surface area contributed by atoms with Crippen molar-refractivity contribution in [3.05, 3.63) is 0 Å². The molecule has 0 saturated carbocycles. The minimum absolute atomic E-state index is 0.0561. The molecule has 0 heterocycles. The van der Waals surface area contributed by atoms with E-state index >= 15 is 0 Å². The van der Waals surface area contributed by atoms with Gasteiger partial charge in [0.15, 0.2) is 0 Å². The van der Waals surface area contributed by atoms with E-state index < -0.39 is 6.10 Å². The Kier molecular flexibility index (Phi) is 7.80. The number of carbonyl (C=O) groups excluding carboxylic acids is 1. The predicted molar refractivity (Wildman–Crippen MR) is 67.7 cm³/mol. The van der Waals surface area contributed by atoms with Gasteiger partial charge < -0.3 is 15.2 Å². The molecule has 5 heteroatoms. The van der Waals surface area contributed by atoms with Crippen LogP contribution in [0.5, 0.6) is 0 Å². The molecule has 0 aromatic heterocycles. The van der Waals surface area contributed by atoms with Crippen molar-refractivity contribution in [1.82, 2.24) is 5.32 Å². The monoisotopic (exact) mass is 249 g/mol. The third kappa shape index (κ3) is 7.96. The minimum atomic E-state index is -0.670. The van der Waals surface area contributed by atoms with Gasteiger partial charge >= 0.3 is 5.97 Å². The SMILES string of the molecule is CCOC(=O)CC(O)CNCC(C)(C)SC. The van der Waals surface area contributed by atoms with Crippen LogP contribution in [-0.2, 0) is 9.53 Å². The average Bonchev–Trinajstić information content (AvgIpc) is 2.17. The van der Waals surface area contributed by atoms with Crippen LogP contribution in [0.4, 0.5) is 0 Å². The largest absolute Gasteiger partial charge is 0.466 e. The van der Waals surface area contributed by atoms with E-state index in [-0.39, 0.29) is 17.1 Å². The van der Waals surface area contributed by atoms with Crippen molar-refractivity contribution in [2.24, 2.45) is 0 Å². The molecule has 0 saturated heterocycles. The molecule has 0 aliphatic heterocycles. The topological polar surface area (TPSA) is 58.6 Å². The second-order valence-corrected chi connectivity index (χ2v) is 5.77. The molecule has 0 fully saturated rings. The average molecular weight is 249 g/mol. The lowest BCUT2D eigenvalue weighted by atomic mass is 10.2. The maximum atomic E-state index is 11.1. The number of aliphatic hydroxyl groups excluding tert-OH is 1. The van der Waals surface area contributed by atoms with Gasteiger partial charge in [-0.2, -0.15) is 11.8 Å². The summed E-state index contributed by atoms with van der Waals surface area (Å²) in [6.07, 6.45) is 1.44. The summed E-state index contributed by atoms with van der Waals surface area (Å²) in [6, 6.07) is 0. The fourth-order valence-corrected chi connectivity index (χ4v) is 1.34. The van der Waals surface area contributed by atoms with Gasteiger partial charge in [-0.05, 0) is 27.0 Å². The van der Waals surface area contributed by atoms with E-state index in [0.717, 1.165) is 6.54 Å². The zero-order valence-electron chi connectivity index (χ0n) is 10.6. The Hall–Kier alpha value is -0.260. The van der Waals surface area contributed by atoms with Crippen LogP contribution in [0.1, 0.15) is 27.2 Å². The molecule has 1 unspecified atom stereocenters. The highest BCUT2D eigenvalue weighted by atomic mass is 32.2. The maximum absolute atomic E-state index is 11.1. The number of thioether (sulfide) groups is 1. The van der Waals surface area contributed by atoms with Crippen LogP contribution in [0.15, 0.2) is 0 Å². The Morgan fingerprint density at radius 1 is 1.56 bits per heavy atom. The van der Waals surface area contributed by atoms with Crippen LogP contribution in [0.3, 0.4) is 0 Å². The number of hydrogen-bond donors (Lipinski definition) is 2. The number of aliphatic hydroxyl groups is 1. The quantitative estimate of drug-likeness (QED) is 0.629. The number of hydrogen-bond acceptors (Lipinski definition) is 5. The molecule has 1 atom stereocenters. The van der Waals surface area contributed by atoms with Crippen LogP contribution in [0.25, 0.3) is 0 Å². The third-order valence-electron chi connectivity index (χ3n) is 2.19. The van der Waals surface area contributed by atoms with Crippen molar-refractivity contribution in [2.75, 3.05) is 26.0 Å². The van der Waals surface area contributed by atoms with Gasteiger partial charge in [-0.25, -0.2) is 0 Å². The summed E-state index contributed by atoms with van der Waals surface area (Å²) in [4.78, 5) is 11.1. The smallest absolute Gasteiger partial charge is 0.308 e. The molecule has 0 radical (unpaired) electrons. The van der Waals surface area contributed by atoms with E-state index in [4.69, 9.17) is 4.74 Å².